The Morgan fingerprint density at radius 3 is 2.26 bits per heavy atom. The molecule has 2 atom stereocenters. The number of carbonyl (C=O) groups is 3. The number of benzene rings is 2. The van der Waals surface area contributed by atoms with Crippen LogP contribution in [0.3, 0.4) is 0 Å². The van der Waals surface area contributed by atoms with E-state index in [1.807, 2.05) is 24.3 Å². The average Bonchev–Trinajstić information content (AvgIpc) is 3.43. The zero-order chi connectivity index (χ0) is 23.7. The fourth-order valence-electron chi connectivity index (χ4n) is 4.96. The number of carbonyl (C=O) groups excluding carboxylic acids is 2. The van der Waals surface area contributed by atoms with Crippen molar-refractivity contribution >= 4 is 18.0 Å². The summed E-state index contributed by atoms with van der Waals surface area (Å²) < 4.78 is 11.2. The maximum Gasteiger partial charge on any atom is 0.407 e. The number of rotatable bonds is 8. The Morgan fingerprint density at radius 1 is 1.00 bits per heavy atom. The van der Waals surface area contributed by atoms with Crippen LogP contribution in [-0.2, 0) is 19.1 Å². The number of aliphatic carboxylic acids is 1. The van der Waals surface area contributed by atoms with E-state index in [-0.39, 0.29) is 19.1 Å². The normalized spacial score (nSPS) is 20.9. The lowest BCUT2D eigenvalue weighted by molar-refractivity contribution is -0.149. The number of alkyl carbamates (subject to hydrolysis) is 1. The van der Waals surface area contributed by atoms with Crippen LogP contribution in [0.5, 0.6) is 0 Å². The molecule has 5 rings (SSSR count). The predicted octanol–water partition coefficient (Wildman–Crippen LogP) is 3.01. The van der Waals surface area contributed by atoms with Gasteiger partial charge >= 0.3 is 12.1 Å². The van der Waals surface area contributed by atoms with Gasteiger partial charge < -0.3 is 24.8 Å². The lowest BCUT2D eigenvalue weighted by Crippen LogP contribution is -2.51. The largest absolute Gasteiger partial charge is 0.480 e. The first-order valence-electron chi connectivity index (χ1n) is 11.7. The summed E-state index contributed by atoms with van der Waals surface area (Å²) in [6, 6.07) is 15.7. The molecule has 3 aliphatic rings. The lowest BCUT2D eigenvalue weighted by Gasteiger charge is -2.27. The van der Waals surface area contributed by atoms with Gasteiger partial charge in [-0.1, -0.05) is 48.5 Å². The number of carboxylic acids is 1. The van der Waals surface area contributed by atoms with E-state index in [9.17, 15) is 19.5 Å². The lowest BCUT2D eigenvalue weighted by atomic mass is 9.98. The van der Waals surface area contributed by atoms with Crippen molar-refractivity contribution in [1.29, 1.82) is 0 Å². The van der Waals surface area contributed by atoms with Crippen LogP contribution in [0.25, 0.3) is 11.1 Å². The van der Waals surface area contributed by atoms with Gasteiger partial charge in [-0.15, -0.1) is 0 Å². The minimum absolute atomic E-state index is 0.0555. The summed E-state index contributed by atoms with van der Waals surface area (Å²) >= 11 is 0. The van der Waals surface area contributed by atoms with Gasteiger partial charge in [-0.25, -0.2) is 4.79 Å². The van der Waals surface area contributed by atoms with Crippen molar-refractivity contribution in [3.63, 3.8) is 0 Å². The Bertz CT molecular complexity index is 1050. The zero-order valence-electron chi connectivity index (χ0n) is 18.8. The molecule has 1 saturated heterocycles. The molecule has 8 heteroatoms. The quantitative estimate of drug-likeness (QED) is 0.622. The van der Waals surface area contributed by atoms with Crippen LogP contribution < -0.4 is 5.32 Å². The minimum atomic E-state index is -1.06. The summed E-state index contributed by atoms with van der Waals surface area (Å²) in [5.41, 5.74) is 4.54. The van der Waals surface area contributed by atoms with E-state index in [1.54, 1.807) is 0 Å². The van der Waals surface area contributed by atoms with Crippen LogP contribution in [0.4, 0.5) is 4.79 Å². The number of ether oxygens (including phenoxy) is 2. The molecule has 0 radical (unpaired) electrons. The number of hydrogen-bond acceptors (Lipinski definition) is 5. The third-order valence-electron chi connectivity index (χ3n) is 6.80. The van der Waals surface area contributed by atoms with E-state index in [4.69, 9.17) is 9.47 Å². The highest BCUT2D eigenvalue weighted by Crippen LogP contribution is 2.44. The van der Waals surface area contributed by atoms with Gasteiger partial charge in [0.15, 0.2) is 6.10 Å². The van der Waals surface area contributed by atoms with Crippen LogP contribution in [0.1, 0.15) is 36.3 Å². The standard InChI is InChI=1S/C26H28N2O6/c29-23(30)14-28(13-16-9-10-16)25(31)24-22(11-12-33-24)27-26(32)34-15-21-19-7-3-1-5-17(19)18-6-2-4-8-20(18)21/h1-8,16,21-22,24H,9-15H2,(H,27,32)(H,29,30)/t22-,24+/m0/s1. The second kappa shape index (κ2) is 9.46. The first-order chi connectivity index (χ1) is 16.5. The van der Waals surface area contributed by atoms with Crippen molar-refractivity contribution in [2.24, 2.45) is 5.92 Å². The highest BCUT2D eigenvalue weighted by atomic mass is 16.6. The van der Waals surface area contributed by atoms with Crippen LogP contribution >= 0.6 is 0 Å². The molecule has 0 bridgehead atoms. The topological polar surface area (TPSA) is 105 Å². The molecule has 34 heavy (non-hydrogen) atoms. The summed E-state index contributed by atoms with van der Waals surface area (Å²) in [6.07, 6.45) is 0.943. The van der Waals surface area contributed by atoms with Gasteiger partial charge in [-0.2, -0.15) is 0 Å². The summed E-state index contributed by atoms with van der Waals surface area (Å²) in [5, 5.41) is 12.0. The fourth-order valence-corrected chi connectivity index (χ4v) is 4.96. The maximum absolute atomic E-state index is 13.0. The van der Waals surface area contributed by atoms with Gasteiger partial charge in [0.1, 0.15) is 13.2 Å². The molecule has 8 nitrogen and oxygen atoms in total. The van der Waals surface area contributed by atoms with E-state index in [2.05, 4.69) is 29.6 Å². The van der Waals surface area contributed by atoms with E-state index in [0.29, 0.717) is 25.5 Å². The van der Waals surface area contributed by atoms with Crippen molar-refractivity contribution in [2.75, 3.05) is 26.3 Å². The highest BCUT2D eigenvalue weighted by Gasteiger charge is 2.40. The SMILES string of the molecule is O=C(O)CN(CC1CC1)C(=O)[C@@H]1OCC[C@@H]1NC(=O)OCC1c2ccccc2-c2ccccc21. The Kier molecular flexibility index (Phi) is 6.24. The van der Waals surface area contributed by atoms with Gasteiger partial charge in [0.25, 0.3) is 5.91 Å². The molecule has 2 aromatic carbocycles. The molecule has 2 aliphatic carbocycles. The van der Waals surface area contributed by atoms with Crippen molar-refractivity contribution < 1.29 is 29.0 Å². The van der Waals surface area contributed by atoms with Gasteiger partial charge in [0, 0.05) is 19.1 Å². The molecular formula is C26H28N2O6. The molecule has 2 fully saturated rings. The second-order valence-electron chi connectivity index (χ2n) is 9.21. The molecular weight excluding hydrogens is 436 g/mol. The first kappa shape index (κ1) is 22.4. The number of amides is 2. The fraction of sp³-hybridized carbons (Fsp3) is 0.423. The number of fused-ring (bicyclic) bond motifs is 3. The Labute approximate surface area is 197 Å². The Morgan fingerprint density at radius 2 is 1.65 bits per heavy atom. The zero-order valence-corrected chi connectivity index (χ0v) is 18.8. The third kappa shape index (κ3) is 4.63. The Hall–Kier alpha value is -3.39. The number of carboxylic acid groups (broad SMARTS) is 1. The van der Waals surface area contributed by atoms with E-state index >= 15 is 0 Å². The van der Waals surface area contributed by atoms with Crippen LogP contribution in [0, 0.1) is 5.92 Å². The monoisotopic (exact) mass is 464 g/mol. The third-order valence-corrected chi connectivity index (χ3v) is 6.80. The summed E-state index contributed by atoms with van der Waals surface area (Å²) in [7, 11) is 0. The molecule has 2 amide bonds. The van der Waals surface area contributed by atoms with Crippen molar-refractivity contribution in [1.82, 2.24) is 10.2 Å². The average molecular weight is 465 g/mol. The van der Waals surface area contributed by atoms with Crippen molar-refractivity contribution in [3.05, 3.63) is 59.7 Å². The van der Waals surface area contributed by atoms with Gasteiger partial charge in [-0.05, 0) is 47.4 Å². The summed E-state index contributed by atoms with van der Waals surface area (Å²) in [6.45, 7) is 0.531. The smallest absolute Gasteiger partial charge is 0.407 e. The summed E-state index contributed by atoms with van der Waals surface area (Å²) in [4.78, 5) is 38.3. The molecule has 0 spiro atoms. The van der Waals surface area contributed by atoms with Crippen molar-refractivity contribution in [3.8, 4) is 11.1 Å². The van der Waals surface area contributed by atoms with E-state index in [0.717, 1.165) is 35.1 Å². The Balaban J connectivity index is 1.21. The maximum atomic E-state index is 13.0. The molecule has 0 unspecified atom stereocenters. The second-order valence-corrected chi connectivity index (χ2v) is 9.21. The minimum Gasteiger partial charge on any atom is -0.480 e. The van der Waals surface area contributed by atoms with Gasteiger partial charge in [0.05, 0.1) is 6.04 Å². The van der Waals surface area contributed by atoms with Crippen LogP contribution in [0.2, 0.25) is 0 Å². The summed E-state index contributed by atoms with van der Waals surface area (Å²) in [5.74, 6) is -1.16. The molecule has 2 aromatic rings. The molecule has 1 saturated carbocycles. The first-order valence-corrected chi connectivity index (χ1v) is 11.7. The number of nitrogens with zero attached hydrogens (tertiary/aromatic N) is 1. The predicted molar refractivity (Wildman–Crippen MR) is 123 cm³/mol. The van der Waals surface area contributed by atoms with Gasteiger partial charge in [0.2, 0.25) is 0 Å². The van der Waals surface area contributed by atoms with Crippen molar-refractivity contribution in [2.45, 2.75) is 37.3 Å². The molecule has 178 valence electrons. The van der Waals surface area contributed by atoms with Crippen LogP contribution in [0.15, 0.2) is 48.5 Å². The highest BCUT2D eigenvalue weighted by molar-refractivity contribution is 5.86. The number of hydrogen-bond donors (Lipinski definition) is 2. The van der Waals surface area contributed by atoms with E-state index in [1.165, 1.54) is 4.90 Å². The molecule has 1 heterocycles. The molecule has 1 aliphatic heterocycles. The molecule has 0 aromatic heterocycles. The van der Waals surface area contributed by atoms with Gasteiger partial charge in [-0.3, -0.25) is 9.59 Å². The molecule has 2 N–H and O–H groups in total. The number of nitrogens with one attached hydrogen (secondary N) is 1. The van der Waals surface area contributed by atoms with Crippen LogP contribution in [-0.4, -0.2) is 66.4 Å². The van der Waals surface area contributed by atoms with E-state index < -0.39 is 30.1 Å².